The van der Waals surface area contributed by atoms with Crippen molar-refractivity contribution >= 4 is 21.4 Å². The Kier molecular flexibility index (Phi) is 4.87. The third-order valence-corrected chi connectivity index (χ3v) is 5.27. The highest BCUT2D eigenvalue weighted by Crippen LogP contribution is 2.24. The van der Waals surface area contributed by atoms with Gasteiger partial charge >= 0.3 is 0 Å². The first-order chi connectivity index (χ1) is 9.53. The van der Waals surface area contributed by atoms with Crippen LogP contribution in [0.4, 0.5) is 0 Å². The Morgan fingerprint density at radius 1 is 1.40 bits per heavy atom. The van der Waals surface area contributed by atoms with Crippen molar-refractivity contribution in [2.24, 2.45) is 0 Å². The zero-order chi connectivity index (χ0) is 14.6. The van der Waals surface area contributed by atoms with Gasteiger partial charge in [0.15, 0.2) is 0 Å². The molecule has 0 spiro atoms. The zero-order valence-corrected chi connectivity index (χ0v) is 12.9. The third kappa shape index (κ3) is 3.63. The molecule has 2 aromatic heterocycles. The van der Waals surface area contributed by atoms with E-state index in [1.165, 1.54) is 18.5 Å². The predicted molar refractivity (Wildman–Crippen MR) is 78.2 cm³/mol. The van der Waals surface area contributed by atoms with Gasteiger partial charge in [0, 0.05) is 35.8 Å². The number of aromatic nitrogens is 1. The molecule has 0 aromatic carbocycles. The SMILES string of the molecule is CO[C@@H](CNS(=O)(=O)c1cccnc1)c1ccc(C)s1. The Morgan fingerprint density at radius 3 is 2.75 bits per heavy atom. The molecule has 2 rings (SSSR count). The second-order valence-corrected chi connectivity index (χ2v) is 7.30. The average Bonchev–Trinajstić information content (AvgIpc) is 2.87. The molecule has 2 heterocycles. The van der Waals surface area contributed by atoms with Crippen molar-refractivity contribution < 1.29 is 13.2 Å². The van der Waals surface area contributed by atoms with Gasteiger partial charge in [0.1, 0.15) is 11.0 Å². The molecule has 1 atom stereocenters. The van der Waals surface area contributed by atoms with E-state index in [0.29, 0.717) is 0 Å². The summed E-state index contributed by atoms with van der Waals surface area (Å²) in [4.78, 5) is 6.12. The van der Waals surface area contributed by atoms with Crippen molar-refractivity contribution in [3.8, 4) is 0 Å². The molecule has 0 saturated carbocycles. The van der Waals surface area contributed by atoms with E-state index in [-0.39, 0.29) is 17.5 Å². The normalized spacial score (nSPS) is 13.3. The monoisotopic (exact) mass is 312 g/mol. The van der Waals surface area contributed by atoms with E-state index in [0.717, 1.165) is 9.75 Å². The van der Waals surface area contributed by atoms with E-state index in [1.54, 1.807) is 24.5 Å². The third-order valence-electron chi connectivity index (χ3n) is 2.77. The van der Waals surface area contributed by atoms with Crippen molar-refractivity contribution in [3.63, 3.8) is 0 Å². The minimum absolute atomic E-state index is 0.150. The average molecular weight is 312 g/mol. The fourth-order valence-corrected chi connectivity index (χ4v) is 3.65. The summed E-state index contributed by atoms with van der Waals surface area (Å²) in [5, 5.41) is 0. The summed E-state index contributed by atoms with van der Waals surface area (Å²) < 4.78 is 32.1. The Labute approximate surface area is 122 Å². The van der Waals surface area contributed by atoms with Crippen LogP contribution in [0.25, 0.3) is 0 Å². The molecule has 0 aliphatic rings. The van der Waals surface area contributed by atoms with Crippen LogP contribution in [-0.4, -0.2) is 27.1 Å². The van der Waals surface area contributed by atoms with Gasteiger partial charge in [-0.05, 0) is 31.2 Å². The Morgan fingerprint density at radius 2 is 2.20 bits per heavy atom. The summed E-state index contributed by atoms with van der Waals surface area (Å²) in [7, 11) is -1.99. The van der Waals surface area contributed by atoms with Crippen LogP contribution in [0.2, 0.25) is 0 Å². The number of sulfonamides is 1. The van der Waals surface area contributed by atoms with Gasteiger partial charge < -0.3 is 4.74 Å². The number of aryl methyl sites for hydroxylation is 1. The molecule has 108 valence electrons. The van der Waals surface area contributed by atoms with Crippen molar-refractivity contribution in [2.45, 2.75) is 17.9 Å². The number of pyridine rings is 1. The Balaban J connectivity index is 2.07. The second-order valence-electron chi connectivity index (χ2n) is 4.21. The van der Waals surface area contributed by atoms with E-state index in [9.17, 15) is 8.42 Å². The summed E-state index contributed by atoms with van der Waals surface area (Å²) >= 11 is 1.59. The topological polar surface area (TPSA) is 68.3 Å². The number of thiophene rings is 1. The first kappa shape index (κ1) is 15.1. The highest BCUT2D eigenvalue weighted by atomic mass is 32.2. The molecule has 5 nitrogen and oxygen atoms in total. The largest absolute Gasteiger partial charge is 0.375 e. The fraction of sp³-hybridized carbons (Fsp3) is 0.308. The highest BCUT2D eigenvalue weighted by molar-refractivity contribution is 7.89. The quantitative estimate of drug-likeness (QED) is 0.887. The summed E-state index contributed by atoms with van der Waals surface area (Å²) in [5.41, 5.74) is 0. The first-order valence-electron chi connectivity index (χ1n) is 6.02. The summed E-state index contributed by atoms with van der Waals surface area (Å²) in [6.45, 7) is 2.19. The van der Waals surface area contributed by atoms with Crippen LogP contribution in [0.5, 0.6) is 0 Å². The van der Waals surface area contributed by atoms with Crippen LogP contribution >= 0.6 is 11.3 Å². The van der Waals surface area contributed by atoms with E-state index >= 15 is 0 Å². The van der Waals surface area contributed by atoms with Crippen LogP contribution in [0.15, 0.2) is 41.6 Å². The van der Waals surface area contributed by atoms with Crippen molar-refractivity contribution in [3.05, 3.63) is 46.4 Å². The minimum atomic E-state index is -3.55. The lowest BCUT2D eigenvalue weighted by molar-refractivity contribution is 0.110. The molecule has 7 heteroatoms. The van der Waals surface area contributed by atoms with Gasteiger partial charge in [-0.25, -0.2) is 13.1 Å². The van der Waals surface area contributed by atoms with E-state index < -0.39 is 10.0 Å². The number of methoxy groups -OCH3 is 1. The van der Waals surface area contributed by atoms with Gasteiger partial charge in [-0.15, -0.1) is 11.3 Å². The first-order valence-corrected chi connectivity index (χ1v) is 8.32. The molecule has 0 unspecified atom stereocenters. The summed E-state index contributed by atoms with van der Waals surface area (Å²) in [6, 6.07) is 7.03. The lowest BCUT2D eigenvalue weighted by atomic mass is 10.3. The van der Waals surface area contributed by atoms with E-state index in [2.05, 4.69) is 9.71 Å². The molecule has 0 aliphatic carbocycles. The maximum absolute atomic E-state index is 12.1. The maximum atomic E-state index is 12.1. The molecule has 0 aliphatic heterocycles. The van der Waals surface area contributed by atoms with Gasteiger partial charge in [-0.2, -0.15) is 0 Å². The van der Waals surface area contributed by atoms with Crippen molar-refractivity contribution in [1.82, 2.24) is 9.71 Å². The van der Waals surface area contributed by atoms with Gasteiger partial charge in [0.05, 0.1) is 0 Å². The minimum Gasteiger partial charge on any atom is -0.375 e. The second kappa shape index (κ2) is 6.45. The van der Waals surface area contributed by atoms with Gasteiger partial charge in [-0.1, -0.05) is 0 Å². The molecule has 1 N–H and O–H groups in total. The number of hydrogen-bond acceptors (Lipinski definition) is 5. The number of ether oxygens (including phenoxy) is 1. The Hall–Kier alpha value is -1.28. The molecule has 0 radical (unpaired) electrons. The highest BCUT2D eigenvalue weighted by Gasteiger charge is 2.18. The molecule has 20 heavy (non-hydrogen) atoms. The number of rotatable bonds is 6. The van der Waals surface area contributed by atoms with Crippen LogP contribution < -0.4 is 4.72 Å². The molecule has 0 bridgehead atoms. The zero-order valence-electron chi connectivity index (χ0n) is 11.2. The Bertz CT molecular complexity index is 653. The van der Waals surface area contributed by atoms with Crippen LogP contribution in [0, 0.1) is 6.92 Å². The fourth-order valence-electron chi connectivity index (χ4n) is 1.70. The number of hydrogen-bond donors (Lipinski definition) is 1. The van der Waals surface area contributed by atoms with Crippen LogP contribution in [0.3, 0.4) is 0 Å². The molecular weight excluding hydrogens is 296 g/mol. The van der Waals surface area contributed by atoms with Crippen LogP contribution in [0.1, 0.15) is 15.9 Å². The standard InChI is InChI=1S/C13H16N2O3S2/c1-10-5-6-13(19-10)12(18-2)9-15-20(16,17)11-4-3-7-14-8-11/h3-8,12,15H,9H2,1-2H3/t12-/m0/s1. The van der Waals surface area contributed by atoms with Gasteiger partial charge in [0.25, 0.3) is 0 Å². The summed E-state index contributed by atoms with van der Waals surface area (Å²) in [6.07, 6.45) is 2.56. The van der Waals surface area contributed by atoms with E-state index in [1.807, 2.05) is 19.1 Å². The van der Waals surface area contributed by atoms with Crippen LogP contribution in [-0.2, 0) is 14.8 Å². The van der Waals surface area contributed by atoms with Crippen molar-refractivity contribution in [1.29, 1.82) is 0 Å². The summed E-state index contributed by atoms with van der Waals surface area (Å²) in [5.74, 6) is 0. The molecular formula is C13H16N2O3S2. The maximum Gasteiger partial charge on any atom is 0.242 e. The lowest BCUT2D eigenvalue weighted by Crippen LogP contribution is -2.29. The molecule has 0 saturated heterocycles. The number of nitrogens with one attached hydrogen (secondary N) is 1. The predicted octanol–water partition coefficient (Wildman–Crippen LogP) is 2.12. The van der Waals surface area contributed by atoms with Gasteiger partial charge in [-0.3, -0.25) is 4.98 Å². The van der Waals surface area contributed by atoms with Gasteiger partial charge in [0.2, 0.25) is 10.0 Å². The number of nitrogens with zero attached hydrogens (tertiary/aromatic N) is 1. The lowest BCUT2D eigenvalue weighted by Gasteiger charge is -2.14. The van der Waals surface area contributed by atoms with E-state index in [4.69, 9.17) is 4.74 Å². The van der Waals surface area contributed by atoms with Crippen molar-refractivity contribution in [2.75, 3.05) is 13.7 Å². The smallest absolute Gasteiger partial charge is 0.242 e. The molecule has 2 aromatic rings. The molecule has 0 amide bonds. The molecule has 0 fully saturated rings.